The summed E-state index contributed by atoms with van der Waals surface area (Å²) in [5, 5.41) is 11.1. The molecule has 4 rings (SSSR count). The van der Waals surface area contributed by atoms with E-state index in [1.807, 2.05) is 74.0 Å². The molecule has 1 aromatic heterocycles. The third-order valence-corrected chi connectivity index (χ3v) is 7.26. The standard InChI is InChI=1S/C29H37N3O5/c1-6-36-29(35)30(4)16-25-19(2)15-32(20(3)17-33)28(34)27-26(22-12-8-7-11-21(22)18-37-25)23-13-9-10-14-24(23)31(27)5/h7-14,19-20,25,33H,6,15-18H2,1-5H3/t19-,20+,25+/m0/s1. The summed E-state index contributed by atoms with van der Waals surface area (Å²) in [6.45, 7) is 6.76. The van der Waals surface area contributed by atoms with E-state index in [1.54, 1.807) is 18.9 Å². The van der Waals surface area contributed by atoms with Crippen molar-refractivity contribution in [1.29, 1.82) is 0 Å². The summed E-state index contributed by atoms with van der Waals surface area (Å²) < 4.78 is 13.6. The van der Waals surface area contributed by atoms with Crippen LogP contribution in [0.3, 0.4) is 0 Å². The lowest BCUT2D eigenvalue weighted by Crippen LogP contribution is -2.48. The summed E-state index contributed by atoms with van der Waals surface area (Å²) >= 11 is 0. The van der Waals surface area contributed by atoms with Crippen molar-refractivity contribution in [1.82, 2.24) is 14.4 Å². The number of hydrogen-bond donors (Lipinski definition) is 1. The molecule has 8 nitrogen and oxygen atoms in total. The molecular formula is C29H37N3O5. The van der Waals surface area contributed by atoms with Gasteiger partial charge in [0, 0.05) is 43.0 Å². The van der Waals surface area contributed by atoms with Crippen LogP contribution in [0.1, 0.15) is 36.8 Å². The van der Waals surface area contributed by atoms with Gasteiger partial charge in [-0.15, -0.1) is 0 Å². The zero-order valence-electron chi connectivity index (χ0n) is 22.3. The fraction of sp³-hybridized carbons (Fsp3) is 0.448. The van der Waals surface area contributed by atoms with Gasteiger partial charge in [-0.2, -0.15) is 0 Å². The number of aliphatic hydroxyl groups excluding tert-OH is 1. The minimum Gasteiger partial charge on any atom is -0.450 e. The Morgan fingerprint density at radius 2 is 1.92 bits per heavy atom. The first-order valence-electron chi connectivity index (χ1n) is 12.8. The highest BCUT2D eigenvalue weighted by atomic mass is 16.6. The van der Waals surface area contributed by atoms with E-state index >= 15 is 0 Å². The number of rotatable bonds is 5. The smallest absolute Gasteiger partial charge is 0.409 e. The Hall–Kier alpha value is -3.36. The molecule has 1 aliphatic heterocycles. The molecule has 8 heteroatoms. The first-order chi connectivity index (χ1) is 17.8. The zero-order chi connectivity index (χ0) is 26.7. The fourth-order valence-corrected chi connectivity index (χ4v) is 5.10. The second kappa shape index (κ2) is 11.4. The van der Waals surface area contributed by atoms with Gasteiger partial charge >= 0.3 is 6.09 Å². The number of nitrogens with zero attached hydrogens (tertiary/aromatic N) is 3. The first-order valence-corrected chi connectivity index (χ1v) is 12.8. The van der Waals surface area contributed by atoms with Crippen LogP contribution in [0.4, 0.5) is 4.79 Å². The first kappa shape index (κ1) is 26.7. The van der Waals surface area contributed by atoms with Crippen LogP contribution in [0, 0.1) is 5.92 Å². The number of aromatic nitrogens is 1. The molecule has 2 amide bonds. The highest BCUT2D eigenvalue weighted by Crippen LogP contribution is 2.38. The quantitative estimate of drug-likeness (QED) is 0.557. The predicted molar refractivity (Wildman–Crippen MR) is 143 cm³/mol. The van der Waals surface area contributed by atoms with Gasteiger partial charge in [-0.3, -0.25) is 4.79 Å². The van der Waals surface area contributed by atoms with Crippen LogP contribution < -0.4 is 0 Å². The van der Waals surface area contributed by atoms with Gasteiger partial charge in [0.05, 0.1) is 38.5 Å². The maximum atomic E-state index is 14.3. The zero-order valence-corrected chi connectivity index (χ0v) is 22.3. The van der Waals surface area contributed by atoms with Crippen LogP contribution in [0.15, 0.2) is 48.5 Å². The number of benzene rings is 2. The largest absolute Gasteiger partial charge is 0.450 e. The van der Waals surface area contributed by atoms with Crippen LogP contribution in [-0.4, -0.2) is 77.0 Å². The summed E-state index contributed by atoms with van der Waals surface area (Å²) in [6, 6.07) is 15.6. The van der Waals surface area contributed by atoms with E-state index in [0.717, 1.165) is 27.6 Å². The molecule has 0 unspecified atom stereocenters. The summed E-state index contributed by atoms with van der Waals surface area (Å²) in [7, 11) is 3.61. The topological polar surface area (TPSA) is 84.2 Å². The molecule has 1 N–H and O–H groups in total. The molecule has 0 bridgehead atoms. The Morgan fingerprint density at radius 3 is 2.65 bits per heavy atom. The summed E-state index contributed by atoms with van der Waals surface area (Å²) in [6.07, 6.45) is -0.773. The molecule has 0 spiro atoms. The van der Waals surface area contributed by atoms with E-state index in [4.69, 9.17) is 9.47 Å². The molecule has 0 saturated carbocycles. The van der Waals surface area contributed by atoms with Gasteiger partial charge in [-0.05, 0) is 31.0 Å². The van der Waals surface area contributed by atoms with Gasteiger partial charge < -0.3 is 28.9 Å². The lowest BCUT2D eigenvalue weighted by atomic mass is 9.96. The molecule has 0 saturated heterocycles. The number of para-hydroxylation sites is 1. The molecular weight excluding hydrogens is 470 g/mol. The molecule has 198 valence electrons. The third kappa shape index (κ3) is 5.22. The van der Waals surface area contributed by atoms with Crippen LogP contribution in [0.25, 0.3) is 22.0 Å². The van der Waals surface area contributed by atoms with Crippen molar-refractivity contribution in [2.75, 3.05) is 33.4 Å². The van der Waals surface area contributed by atoms with E-state index < -0.39 is 12.1 Å². The molecule has 0 radical (unpaired) electrons. The van der Waals surface area contributed by atoms with Crippen LogP contribution in [-0.2, 0) is 23.1 Å². The minimum absolute atomic E-state index is 0.127. The van der Waals surface area contributed by atoms with Gasteiger partial charge in [-0.25, -0.2) is 4.79 Å². The van der Waals surface area contributed by atoms with Crippen molar-refractivity contribution in [3.63, 3.8) is 0 Å². The molecule has 3 aromatic rings. The lowest BCUT2D eigenvalue weighted by molar-refractivity contribution is -0.0228. The summed E-state index contributed by atoms with van der Waals surface area (Å²) in [5.41, 5.74) is 4.32. The van der Waals surface area contributed by atoms with Crippen molar-refractivity contribution < 1.29 is 24.2 Å². The van der Waals surface area contributed by atoms with Crippen molar-refractivity contribution in [2.45, 2.75) is 39.5 Å². The van der Waals surface area contributed by atoms with Crippen LogP contribution in [0.2, 0.25) is 0 Å². The van der Waals surface area contributed by atoms with Crippen molar-refractivity contribution >= 4 is 22.9 Å². The highest BCUT2D eigenvalue weighted by molar-refractivity contribution is 6.10. The number of hydrogen-bond acceptors (Lipinski definition) is 5. The average Bonchev–Trinajstić information content (AvgIpc) is 3.20. The second-order valence-corrected chi connectivity index (χ2v) is 9.85. The van der Waals surface area contributed by atoms with E-state index in [1.165, 1.54) is 4.90 Å². The third-order valence-electron chi connectivity index (χ3n) is 7.26. The minimum atomic E-state index is -0.413. The van der Waals surface area contributed by atoms with E-state index in [-0.39, 0.29) is 24.5 Å². The summed E-state index contributed by atoms with van der Waals surface area (Å²) in [4.78, 5) is 29.9. The number of carbonyl (C=O) groups is 2. The predicted octanol–water partition coefficient (Wildman–Crippen LogP) is 4.29. The SMILES string of the molecule is CCOC(=O)N(C)C[C@H]1OCc2ccccc2-c2c(n(C)c3ccccc23)C(=O)N([C@H](C)CO)C[C@@H]1C. The van der Waals surface area contributed by atoms with Crippen LogP contribution >= 0.6 is 0 Å². The van der Waals surface area contributed by atoms with E-state index in [2.05, 4.69) is 0 Å². The number of fused-ring (bicyclic) bond motifs is 5. The molecule has 2 aromatic carbocycles. The van der Waals surface area contributed by atoms with Gasteiger partial charge in [0.2, 0.25) is 0 Å². The number of aliphatic hydroxyl groups is 1. The average molecular weight is 508 g/mol. The maximum absolute atomic E-state index is 14.3. The van der Waals surface area contributed by atoms with Gasteiger partial charge in [0.15, 0.2) is 0 Å². The fourth-order valence-electron chi connectivity index (χ4n) is 5.10. The van der Waals surface area contributed by atoms with Gasteiger partial charge in [0.25, 0.3) is 5.91 Å². The van der Waals surface area contributed by atoms with Crippen molar-refractivity contribution in [3.05, 3.63) is 59.8 Å². The number of likely N-dealkylation sites (N-methyl/N-ethyl adjacent to an activating group) is 1. The molecule has 0 fully saturated rings. The highest BCUT2D eigenvalue weighted by Gasteiger charge is 2.34. The van der Waals surface area contributed by atoms with Crippen molar-refractivity contribution in [2.24, 2.45) is 13.0 Å². The Balaban J connectivity index is 1.87. The van der Waals surface area contributed by atoms with E-state index in [0.29, 0.717) is 32.0 Å². The number of aryl methyl sites for hydroxylation is 1. The van der Waals surface area contributed by atoms with Crippen LogP contribution in [0.5, 0.6) is 0 Å². The normalized spacial score (nSPS) is 19.1. The maximum Gasteiger partial charge on any atom is 0.409 e. The number of ether oxygens (including phenoxy) is 2. The molecule has 3 atom stereocenters. The Bertz CT molecular complexity index is 1270. The summed E-state index contributed by atoms with van der Waals surface area (Å²) in [5.74, 6) is -0.269. The molecule has 37 heavy (non-hydrogen) atoms. The second-order valence-electron chi connectivity index (χ2n) is 9.85. The monoisotopic (exact) mass is 507 g/mol. The lowest BCUT2D eigenvalue weighted by Gasteiger charge is -2.34. The van der Waals surface area contributed by atoms with Gasteiger partial charge in [-0.1, -0.05) is 49.4 Å². The Kier molecular flexibility index (Phi) is 8.19. The number of carbonyl (C=O) groups excluding carboxylic acids is 2. The Labute approximate surface area is 218 Å². The molecule has 1 aliphatic rings. The Morgan fingerprint density at radius 1 is 1.22 bits per heavy atom. The molecule has 2 heterocycles. The molecule has 0 aliphatic carbocycles. The van der Waals surface area contributed by atoms with E-state index in [9.17, 15) is 14.7 Å². The van der Waals surface area contributed by atoms with Crippen molar-refractivity contribution in [3.8, 4) is 11.1 Å². The van der Waals surface area contributed by atoms with Gasteiger partial charge in [0.1, 0.15) is 5.69 Å². The number of amides is 2.